The molecular formula is C19H26N4O4. The lowest BCUT2D eigenvalue weighted by Crippen LogP contribution is -2.29. The summed E-state index contributed by atoms with van der Waals surface area (Å²) < 4.78 is 17.9. The van der Waals surface area contributed by atoms with Gasteiger partial charge >= 0.3 is 0 Å². The first kappa shape index (κ1) is 19.2. The first-order chi connectivity index (χ1) is 13.1. The van der Waals surface area contributed by atoms with Gasteiger partial charge in [0.1, 0.15) is 11.4 Å². The number of methoxy groups -OCH3 is 2. The Morgan fingerprint density at radius 2 is 2.07 bits per heavy atom. The molecule has 0 aromatic carbocycles. The lowest BCUT2D eigenvalue weighted by Gasteiger charge is -2.23. The summed E-state index contributed by atoms with van der Waals surface area (Å²) >= 11 is 0. The van der Waals surface area contributed by atoms with Crippen molar-refractivity contribution in [1.82, 2.24) is 19.9 Å². The zero-order valence-electron chi connectivity index (χ0n) is 16.0. The van der Waals surface area contributed by atoms with Crippen LogP contribution in [-0.2, 0) is 11.3 Å². The van der Waals surface area contributed by atoms with Gasteiger partial charge in [0.2, 0.25) is 11.8 Å². The molecule has 8 nitrogen and oxygen atoms in total. The molecule has 3 heterocycles. The molecule has 0 spiro atoms. The number of hydrogen-bond donors (Lipinski definition) is 1. The number of ether oxygens (including phenoxy) is 3. The van der Waals surface area contributed by atoms with Crippen LogP contribution in [0.1, 0.15) is 40.6 Å². The minimum Gasteiger partial charge on any atom is -0.481 e. The second kappa shape index (κ2) is 8.85. The van der Waals surface area contributed by atoms with E-state index in [0.717, 1.165) is 37.6 Å². The van der Waals surface area contributed by atoms with E-state index in [9.17, 15) is 4.79 Å². The van der Waals surface area contributed by atoms with Gasteiger partial charge in [0.05, 0.1) is 14.2 Å². The van der Waals surface area contributed by atoms with Crippen molar-refractivity contribution < 1.29 is 19.0 Å². The van der Waals surface area contributed by atoms with E-state index in [2.05, 4.69) is 19.9 Å². The summed E-state index contributed by atoms with van der Waals surface area (Å²) in [7, 11) is 3.00. The van der Waals surface area contributed by atoms with E-state index in [-0.39, 0.29) is 11.8 Å². The fourth-order valence-electron chi connectivity index (χ4n) is 3.29. The molecule has 1 saturated heterocycles. The normalized spacial score (nSPS) is 14.8. The number of pyridine rings is 1. The summed E-state index contributed by atoms with van der Waals surface area (Å²) in [5.74, 6) is 1.90. The average molecular weight is 374 g/mol. The molecule has 27 heavy (non-hydrogen) atoms. The average Bonchev–Trinajstić information content (AvgIpc) is 3.08. The molecule has 1 N–H and O–H groups in total. The third-order valence-corrected chi connectivity index (χ3v) is 4.78. The standard InChI is InChI=1S/C19H26N4O4/c1-13-12-21-17(14-6-10-27-11-7-14)23(13)9-8-20-18(24)15-4-5-16(25-2)22-19(15)26-3/h4-5,12,14H,6-11H2,1-3H3,(H,20,24). The number of imidazole rings is 1. The maximum absolute atomic E-state index is 12.5. The third kappa shape index (κ3) is 4.39. The fourth-order valence-corrected chi connectivity index (χ4v) is 3.29. The maximum atomic E-state index is 12.5. The molecule has 0 radical (unpaired) electrons. The van der Waals surface area contributed by atoms with Gasteiger partial charge in [-0.3, -0.25) is 4.79 Å². The summed E-state index contributed by atoms with van der Waals surface area (Å²) in [4.78, 5) is 21.2. The Hall–Kier alpha value is -2.61. The number of aromatic nitrogens is 3. The predicted octanol–water partition coefficient (Wildman–Crippen LogP) is 1.93. The largest absolute Gasteiger partial charge is 0.481 e. The van der Waals surface area contributed by atoms with Crippen molar-refractivity contribution in [1.29, 1.82) is 0 Å². The molecule has 1 aliphatic heterocycles. The molecule has 1 fully saturated rings. The van der Waals surface area contributed by atoms with Crippen LogP contribution in [0, 0.1) is 6.92 Å². The van der Waals surface area contributed by atoms with Gasteiger partial charge in [0, 0.05) is 50.2 Å². The molecule has 3 rings (SSSR count). The van der Waals surface area contributed by atoms with Crippen LogP contribution in [0.5, 0.6) is 11.8 Å². The molecule has 0 atom stereocenters. The molecule has 0 aliphatic carbocycles. The highest BCUT2D eigenvalue weighted by Crippen LogP contribution is 2.26. The number of amides is 1. The molecule has 0 unspecified atom stereocenters. The van der Waals surface area contributed by atoms with Crippen LogP contribution in [-0.4, -0.2) is 54.4 Å². The number of rotatable bonds is 7. The van der Waals surface area contributed by atoms with E-state index in [0.29, 0.717) is 30.5 Å². The van der Waals surface area contributed by atoms with Crippen LogP contribution in [0.4, 0.5) is 0 Å². The van der Waals surface area contributed by atoms with Crippen molar-refractivity contribution in [3.05, 3.63) is 35.4 Å². The van der Waals surface area contributed by atoms with Gasteiger partial charge in [-0.1, -0.05) is 0 Å². The zero-order chi connectivity index (χ0) is 19.2. The van der Waals surface area contributed by atoms with Crippen LogP contribution in [0.3, 0.4) is 0 Å². The predicted molar refractivity (Wildman–Crippen MR) is 99.4 cm³/mol. The Labute approximate surface area is 158 Å². The summed E-state index contributed by atoms with van der Waals surface area (Å²) in [5, 5.41) is 2.93. The van der Waals surface area contributed by atoms with Crippen molar-refractivity contribution in [2.75, 3.05) is 34.0 Å². The Balaban J connectivity index is 1.63. The Kier molecular flexibility index (Phi) is 6.28. The SMILES string of the molecule is COc1ccc(C(=O)NCCn2c(C)cnc2C2CCOCC2)c(OC)n1. The van der Waals surface area contributed by atoms with E-state index in [4.69, 9.17) is 14.2 Å². The van der Waals surface area contributed by atoms with E-state index in [1.165, 1.54) is 14.2 Å². The second-order valence-corrected chi connectivity index (χ2v) is 6.46. The molecule has 2 aromatic heterocycles. The minimum absolute atomic E-state index is 0.229. The van der Waals surface area contributed by atoms with Crippen molar-refractivity contribution in [2.45, 2.75) is 32.2 Å². The minimum atomic E-state index is -0.229. The first-order valence-electron chi connectivity index (χ1n) is 9.11. The highest BCUT2D eigenvalue weighted by atomic mass is 16.5. The smallest absolute Gasteiger partial charge is 0.256 e. The van der Waals surface area contributed by atoms with Gasteiger partial charge in [-0.15, -0.1) is 0 Å². The van der Waals surface area contributed by atoms with Crippen LogP contribution < -0.4 is 14.8 Å². The van der Waals surface area contributed by atoms with Crippen molar-refractivity contribution >= 4 is 5.91 Å². The van der Waals surface area contributed by atoms with E-state index >= 15 is 0 Å². The molecule has 0 bridgehead atoms. The van der Waals surface area contributed by atoms with Gasteiger partial charge in [-0.05, 0) is 25.8 Å². The highest BCUT2D eigenvalue weighted by molar-refractivity contribution is 5.96. The van der Waals surface area contributed by atoms with Crippen molar-refractivity contribution in [3.8, 4) is 11.8 Å². The summed E-state index contributed by atoms with van der Waals surface area (Å²) in [6, 6.07) is 3.29. The van der Waals surface area contributed by atoms with E-state index in [1.54, 1.807) is 12.1 Å². The molecule has 0 saturated carbocycles. The molecule has 1 aliphatic rings. The zero-order valence-corrected chi connectivity index (χ0v) is 16.0. The number of nitrogens with one attached hydrogen (secondary N) is 1. The number of carbonyl (C=O) groups is 1. The van der Waals surface area contributed by atoms with Crippen LogP contribution in [0.15, 0.2) is 18.3 Å². The highest BCUT2D eigenvalue weighted by Gasteiger charge is 2.22. The number of aryl methyl sites for hydroxylation is 1. The quantitative estimate of drug-likeness (QED) is 0.797. The number of hydrogen-bond acceptors (Lipinski definition) is 6. The van der Waals surface area contributed by atoms with Gasteiger partial charge in [0.15, 0.2) is 0 Å². The van der Waals surface area contributed by atoms with E-state index < -0.39 is 0 Å². The number of nitrogens with zero attached hydrogens (tertiary/aromatic N) is 3. The second-order valence-electron chi connectivity index (χ2n) is 6.46. The van der Waals surface area contributed by atoms with Crippen LogP contribution in [0.2, 0.25) is 0 Å². The van der Waals surface area contributed by atoms with Crippen LogP contribution in [0.25, 0.3) is 0 Å². The van der Waals surface area contributed by atoms with Gasteiger partial charge < -0.3 is 24.1 Å². The molecule has 2 aromatic rings. The monoisotopic (exact) mass is 374 g/mol. The van der Waals surface area contributed by atoms with Gasteiger partial charge in [-0.2, -0.15) is 4.98 Å². The molecule has 146 valence electrons. The maximum Gasteiger partial charge on any atom is 0.256 e. The lowest BCUT2D eigenvalue weighted by atomic mass is 9.99. The lowest BCUT2D eigenvalue weighted by molar-refractivity contribution is 0.0827. The molecule has 8 heteroatoms. The topological polar surface area (TPSA) is 87.5 Å². The van der Waals surface area contributed by atoms with Crippen LogP contribution >= 0.6 is 0 Å². The molecular weight excluding hydrogens is 348 g/mol. The summed E-state index contributed by atoms with van der Waals surface area (Å²) in [5.41, 5.74) is 1.47. The van der Waals surface area contributed by atoms with Crippen molar-refractivity contribution in [2.24, 2.45) is 0 Å². The van der Waals surface area contributed by atoms with Gasteiger partial charge in [0.25, 0.3) is 5.91 Å². The van der Waals surface area contributed by atoms with Crippen molar-refractivity contribution in [3.63, 3.8) is 0 Å². The van der Waals surface area contributed by atoms with Gasteiger partial charge in [-0.25, -0.2) is 4.98 Å². The third-order valence-electron chi connectivity index (χ3n) is 4.78. The number of carbonyl (C=O) groups excluding carboxylic acids is 1. The Morgan fingerprint density at radius 1 is 1.30 bits per heavy atom. The first-order valence-corrected chi connectivity index (χ1v) is 9.11. The molecule has 1 amide bonds. The fraction of sp³-hybridized carbons (Fsp3) is 0.526. The summed E-state index contributed by atoms with van der Waals surface area (Å²) in [6.45, 7) is 4.74. The Bertz CT molecular complexity index is 784. The summed E-state index contributed by atoms with van der Waals surface area (Å²) in [6.07, 6.45) is 3.86. The Morgan fingerprint density at radius 3 is 2.78 bits per heavy atom. The van der Waals surface area contributed by atoms with E-state index in [1.807, 2.05) is 13.1 Å².